The second-order valence-corrected chi connectivity index (χ2v) is 6.14. The number of hydrogen-bond acceptors (Lipinski definition) is 2. The molecule has 1 heterocycles. The Morgan fingerprint density at radius 1 is 1.00 bits per heavy atom. The first kappa shape index (κ1) is 14.0. The van der Waals surface area contributed by atoms with Crippen molar-refractivity contribution in [2.75, 3.05) is 0 Å². The summed E-state index contributed by atoms with van der Waals surface area (Å²) in [6.45, 7) is 0. The molecule has 3 aromatic rings. The number of fused-ring (bicyclic) bond motifs is 1. The Hall–Kier alpha value is -0.980. The number of halogens is 4. The molecule has 3 rings (SSSR count). The third-order valence-corrected chi connectivity index (χ3v) is 4.05. The lowest BCUT2D eigenvalue weighted by atomic mass is 10.2. The van der Waals surface area contributed by atoms with E-state index < -0.39 is 5.82 Å². The van der Waals surface area contributed by atoms with E-state index in [0.29, 0.717) is 16.5 Å². The summed E-state index contributed by atoms with van der Waals surface area (Å²) < 4.78 is 14.6. The molecule has 2 nitrogen and oxygen atoms in total. The Balaban J connectivity index is 2.21. The van der Waals surface area contributed by atoms with Crippen LogP contribution in [0, 0.1) is 9.39 Å². The van der Waals surface area contributed by atoms with Crippen LogP contribution in [0.4, 0.5) is 4.39 Å². The molecule has 2 aromatic carbocycles. The van der Waals surface area contributed by atoms with E-state index in [-0.39, 0.29) is 5.02 Å². The molecular weight excluding hydrogens is 413 g/mol. The number of rotatable bonds is 1. The maximum atomic E-state index is 13.5. The van der Waals surface area contributed by atoms with Crippen molar-refractivity contribution in [3.8, 4) is 11.4 Å². The van der Waals surface area contributed by atoms with Crippen molar-refractivity contribution in [1.82, 2.24) is 9.97 Å². The highest BCUT2D eigenvalue weighted by atomic mass is 127. The van der Waals surface area contributed by atoms with Crippen LogP contribution in [0.25, 0.3) is 22.3 Å². The normalized spacial score (nSPS) is 11.0. The molecule has 0 saturated heterocycles. The summed E-state index contributed by atoms with van der Waals surface area (Å²) in [5.41, 5.74) is 1.25. The Morgan fingerprint density at radius 2 is 1.80 bits per heavy atom. The molecule has 0 saturated carbocycles. The van der Waals surface area contributed by atoms with Crippen LogP contribution < -0.4 is 0 Å². The molecule has 100 valence electrons. The summed E-state index contributed by atoms with van der Waals surface area (Å²) in [7, 11) is 0. The van der Waals surface area contributed by atoms with Crippen LogP contribution in [0.5, 0.6) is 0 Å². The SMILES string of the molecule is Fc1cc(-c2nc(Cl)c3cc(I)ccc3n2)ccc1Cl. The molecular formula is C14H6Cl2FIN2. The fourth-order valence-electron chi connectivity index (χ4n) is 1.83. The average Bonchev–Trinajstić information content (AvgIpc) is 2.42. The standard InChI is InChI=1S/C14H6Cl2FIN2/c15-10-3-1-7(5-11(10)17)14-19-12-4-2-8(18)6-9(12)13(16)20-14/h1-6H. The maximum absolute atomic E-state index is 13.5. The van der Waals surface area contributed by atoms with E-state index in [9.17, 15) is 4.39 Å². The van der Waals surface area contributed by atoms with Gasteiger partial charge in [0.15, 0.2) is 5.82 Å². The molecule has 0 fully saturated rings. The summed E-state index contributed by atoms with van der Waals surface area (Å²) in [4.78, 5) is 8.63. The lowest BCUT2D eigenvalue weighted by Crippen LogP contribution is -1.93. The quantitative estimate of drug-likeness (QED) is 0.393. The summed E-state index contributed by atoms with van der Waals surface area (Å²) in [6, 6.07) is 10.1. The van der Waals surface area contributed by atoms with Crippen molar-refractivity contribution in [2.24, 2.45) is 0 Å². The second kappa shape index (κ2) is 5.42. The molecule has 0 unspecified atom stereocenters. The number of nitrogens with zero attached hydrogens (tertiary/aromatic N) is 2. The molecule has 6 heteroatoms. The van der Waals surface area contributed by atoms with Gasteiger partial charge in [-0.3, -0.25) is 0 Å². The largest absolute Gasteiger partial charge is 0.228 e. The van der Waals surface area contributed by atoms with Crippen LogP contribution in [0.1, 0.15) is 0 Å². The van der Waals surface area contributed by atoms with Gasteiger partial charge in [0.1, 0.15) is 11.0 Å². The Labute approximate surface area is 138 Å². The zero-order valence-corrected chi connectivity index (χ0v) is 13.5. The zero-order valence-electron chi connectivity index (χ0n) is 9.87. The molecule has 1 aromatic heterocycles. The van der Waals surface area contributed by atoms with Gasteiger partial charge in [0.25, 0.3) is 0 Å². The molecule has 0 aliphatic carbocycles. The first-order chi connectivity index (χ1) is 9.54. The number of benzene rings is 2. The molecule has 0 atom stereocenters. The van der Waals surface area contributed by atoms with Gasteiger partial charge in [-0.15, -0.1) is 0 Å². The Bertz CT molecular complexity index is 824. The van der Waals surface area contributed by atoms with E-state index in [1.54, 1.807) is 6.07 Å². The van der Waals surface area contributed by atoms with Gasteiger partial charge in [0.2, 0.25) is 0 Å². The van der Waals surface area contributed by atoms with Gasteiger partial charge in [-0.05, 0) is 59.0 Å². The van der Waals surface area contributed by atoms with Gasteiger partial charge in [-0.2, -0.15) is 0 Å². The van der Waals surface area contributed by atoms with Crippen molar-refractivity contribution in [1.29, 1.82) is 0 Å². The molecule has 0 aliphatic rings. The molecule has 0 spiro atoms. The van der Waals surface area contributed by atoms with Crippen LogP contribution >= 0.6 is 45.8 Å². The van der Waals surface area contributed by atoms with Crippen LogP contribution in [-0.2, 0) is 0 Å². The van der Waals surface area contributed by atoms with Gasteiger partial charge in [0, 0.05) is 14.5 Å². The first-order valence-corrected chi connectivity index (χ1v) is 7.46. The fourth-order valence-corrected chi connectivity index (χ4v) is 2.67. The molecule has 0 N–H and O–H groups in total. The van der Waals surface area contributed by atoms with E-state index >= 15 is 0 Å². The highest BCUT2D eigenvalue weighted by molar-refractivity contribution is 14.1. The first-order valence-electron chi connectivity index (χ1n) is 5.63. The predicted molar refractivity (Wildman–Crippen MR) is 87.7 cm³/mol. The van der Waals surface area contributed by atoms with Crippen molar-refractivity contribution in [3.05, 3.63) is 56.0 Å². The van der Waals surface area contributed by atoms with Crippen LogP contribution in [0.3, 0.4) is 0 Å². The van der Waals surface area contributed by atoms with Gasteiger partial charge in [0.05, 0.1) is 10.5 Å². The van der Waals surface area contributed by atoms with E-state index in [4.69, 9.17) is 23.2 Å². The van der Waals surface area contributed by atoms with Crippen molar-refractivity contribution < 1.29 is 4.39 Å². The van der Waals surface area contributed by atoms with Crippen molar-refractivity contribution in [3.63, 3.8) is 0 Å². The lowest BCUT2D eigenvalue weighted by molar-refractivity contribution is 0.628. The summed E-state index contributed by atoms with van der Waals surface area (Å²) in [5.74, 6) is -0.133. The average molecular weight is 419 g/mol. The highest BCUT2D eigenvalue weighted by Crippen LogP contribution is 2.27. The van der Waals surface area contributed by atoms with Crippen LogP contribution in [0.2, 0.25) is 10.2 Å². The number of aromatic nitrogens is 2. The van der Waals surface area contributed by atoms with Crippen LogP contribution in [-0.4, -0.2) is 9.97 Å². The van der Waals surface area contributed by atoms with E-state index in [1.165, 1.54) is 12.1 Å². The van der Waals surface area contributed by atoms with E-state index in [2.05, 4.69) is 32.6 Å². The summed E-state index contributed by atoms with van der Waals surface area (Å²) >= 11 is 14.0. The third kappa shape index (κ3) is 2.60. The molecule has 0 aliphatic heterocycles. The lowest BCUT2D eigenvalue weighted by Gasteiger charge is -2.05. The van der Waals surface area contributed by atoms with Gasteiger partial charge in [-0.25, -0.2) is 14.4 Å². The van der Waals surface area contributed by atoms with Gasteiger partial charge in [-0.1, -0.05) is 23.2 Å². The molecule has 0 amide bonds. The number of hydrogen-bond donors (Lipinski definition) is 0. The topological polar surface area (TPSA) is 25.8 Å². The van der Waals surface area contributed by atoms with Crippen molar-refractivity contribution >= 4 is 56.7 Å². The van der Waals surface area contributed by atoms with Crippen LogP contribution in [0.15, 0.2) is 36.4 Å². The highest BCUT2D eigenvalue weighted by Gasteiger charge is 2.10. The minimum absolute atomic E-state index is 0.0650. The monoisotopic (exact) mass is 418 g/mol. The maximum Gasteiger partial charge on any atom is 0.161 e. The van der Waals surface area contributed by atoms with Gasteiger partial charge >= 0.3 is 0 Å². The molecule has 0 radical (unpaired) electrons. The second-order valence-electron chi connectivity index (χ2n) is 4.13. The predicted octanol–water partition coefficient (Wildman–Crippen LogP) is 5.35. The van der Waals surface area contributed by atoms with E-state index in [0.717, 1.165) is 14.5 Å². The molecule has 20 heavy (non-hydrogen) atoms. The summed E-state index contributed by atoms with van der Waals surface area (Å²) in [6.07, 6.45) is 0. The minimum Gasteiger partial charge on any atom is -0.228 e. The Morgan fingerprint density at radius 3 is 2.55 bits per heavy atom. The van der Waals surface area contributed by atoms with Gasteiger partial charge < -0.3 is 0 Å². The summed E-state index contributed by atoms with van der Waals surface area (Å²) in [5, 5.41) is 1.19. The fraction of sp³-hybridized carbons (Fsp3) is 0. The minimum atomic E-state index is -0.508. The zero-order chi connectivity index (χ0) is 14.3. The van der Waals surface area contributed by atoms with Crippen molar-refractivity contribution in [2.45, 2.75) is 0 Å². The third-order valence-electron chi connectivity index (χ3n) is 2.79. The Kier molecular flexibility index (Phi) is 3.79. The smallest absolute Gasteiger partial charge is 0.161 e. The molecule has 0 bridgehead atoms. The van der Waals surface area contributed by atoms with E-state index in [1.807, 2.05) is 18.2 Å².